The lowest BCUT2D eigenvalue weighted by Gasteiger charge is -2.37. The molecule has 1 fully saturated rings. The van der Waals surface area contributed by atoms with Gasteiger partial charge in [0, 0.05) is 38.4 Å². The van der Waals surface area contributed by atoms with Gasteiger partial charge in [-0.05, 0) is 36.1 Å². The van der Waals surface area contributed by atoms with E-state index in [1.165, 1.54) is 11.1 Å². The zero-order valence-electron chi connectivity index (χ0n) is 19.8. The average Bonchev–Trinajstić information content (AvgIpc) is 3.28. The lowest BCUT2D eigenvalue weighted by Crippen LogP contribution is -2.46. The topological polar surface area (TPSA) is 41.9 Å². The van der Waals surface area contributed by atoms with E-state index in [2.05, 4.69) is 79.7 Å². The zero-order valence-corrected chi connectivity index (χ0v) is 19.8. The smallest absolute Gasteiger partial charge is 0.247 e. The summed E-state index contributed by atoms with van der Waals surface area (Å²) in [5.41, 5.74) is 7.29. The Morgan fingerprint density at radius 2 is 1.41 bits per heavy atom. The van der Waals surface area contributed by atoms with Crippen LogP contribution in [0.1, 0.15) is 47.1 Å². The van der Waals surface area contributed by atoms with Gasteiger partial charge in [0.05, 0.1) is 5.71 Å². The minimum atomic E-state index is -0.289. The fraction of sp³-hybridized carbons (Fsp3) is 0.267. The zero-order chi connectivity index (χ0) is 23.5. The first-order chi connectivity index (χ1) is 16.5. The Bertz CT molecular complexity index is 1170. The molecule has 0 aliphatic carbocycles. The fourth-order valence-corrected chi connectivity index (χ4v) is 4.72. The van der Waals surface area contributed by atoms with E-state index >= 15 is 0 Å². The van der Waals surface area contributed by atoms with Crippen molar-refractivity contribution in [2.75, 3.05) is 13.1 Å². The summed E-state index contributed by atoms with van der Waals surface area (Å²) < 4.78 is 0. The van der Waals surface area contributed by atoms with Gasteiger partial charge in [0.1, 0.15) is 5.60 Å². The number of amides is 1. The highest BCUT2D eigenvalue weighted by Crippen LogP contribution is 2.36. The van der Waals surface area contributed by atoms with Gasteiger partial charge in [-0.15, -0.1) is 0 Å². The molecule has 2 aliphatic rings. The summed E-state index contributed by atoms with van der Waals surface area (Å²) >= 11 is 0. The first kappa shape index (κ1) is 22.1. The molecule has 1 spiro atoms. The van der Waals surface area contributed by atoms with Gasteiger partial charge >= 0.3 is 0 Å². The minimum Gasteiger partial charge on any atom is -0.388 e. The highest BCUT2D eigenvalue weighted by Gasteiger charge is 2.42. The van der Waals surface area contributed by atoms with E-state index in [9.17, 15) is 4.79 Å². The number of nitrogens with zero attached hydrogens (tertiary/aromatic N) is 2. The van der Waals surface area contributed by atoms with Crippen LogP contribution in [0, 0.1) is 13.8 Å². The van der Waals surface area contributed by atoms with Crippen LogP contribution in [0.2, 0.25) is 0 Å². The summed E-state index contributed by atoms with van der Waals surface area (Å²) in [6.45, 7) is 5.49. The van der Waals surface area contributed by atoms with Crippen molar-refractivity contribution in [2.45, 2.75) is 38.7 Å². The first-order valence-corrected chi connectivity index (χ1v) is 12.0. The maximum atomic E-state index is 13.4. The normalized spacial score (nSPS) is 16.6. The van der Waals surface area contributed by atoms with E-state index in [0.29, 0.717) is 13.1 Å². The van der Waals surface area contributed by atoms with Gasteiger partial charge in [-0.25, -0.2) is 0 Å². The molecule has 0 aromatic heterocycles. The van der Waals surface area contributed by atoms with Crippen molar-refractivity contribution in [1.82, 2.24) is 4.90 Å². The number of carbonyl (C=O) groups is 1. The standard InChI is InChI=1S/C30H30N2O2/c1-22-8-12-24(13-9-22)27(25-14-10-23(2)11-15-25)20-29(33)32-18-16-30(17-19-32)21-28(31-34-30)26-6-4-3-5-7-26/h3-15,20H,16-19,21H2,1-2H3. The number of carbonyl (C=O) groups excluding carboxylic acids is 1. The Labute approximate surface area is 201 Å². The predicted molar refractivity (Wildman–Crippen MR) is 137 cm³/mol. The van der Waals surface area contributed by atoms with Crippen molar-refractivity contribution in [1.29, 1.82) is 0 Å². The number of benzene rings is 3. The quantitative estimate of drug-likeness (QED) is 0.463. The van der Waals surface area contributed by atoms with Crippen molar-refractivity contribution in [3.05, 3.63) is 113 Å². The molecule has 4 heteroatoms. The van der Waals surface area contributed by atoms with Gasteiger partial charge < -0.3 is 9.74 Å². The number of likely N-dealkylation sites (tertiary alicyclic amines) is 1. The Morgan fingerprint density at radius 1 is 0.853 bits per heavy atom. The van der Waals surface area contributed by atoms with Crippen LogP contribution in [0.25, 0.3) is 5.57 Å². The third-order valence-electron chi connectivity index (χ3n) is 6.93. The molecular weight excluding hydrogens is 420 g/mol. The van der Waals surface area contributed by atoms with Gasteiger partial charge in [-0.2, -0.15) is 0 Å². The van der Waals surface area contributed by atoms with Crippen LogP contribution < -0.4 is 0 Å². The summed E-state index contributed by atoms with van der Waals surface area (Å²) in [7, 11) is 0. The van der Waals surface area contributed by atoms with E-state index in [0.717, 1.165) is 47.2 Å². The molecule has 4 nitrogen and oxygen atoms in total. The van der Waals surface area contributed by atoms with Gasteiger partial charge in [0.25, 0.3) is 0 Å². The third kappa shape index (κ3) is 4.67. The molecule has 2 heterocycles. The van der Waals surface area contributed by atoms with Crippen molar-refractivity contribution < 1.29 is 9.63 Å². The fourth-order valence-electron chi connectivity index (χ4n) is 4.72. The van der Waals surface area contributed by atoms with Gasteiger partial charge in [0.15, 0.2) is 0 Å². The molecule has 0 atom stereocenters. The van der Waals surface area contributed by atoms with Crippen molar-refractivity contribution in [2.24, 2.45) is 5.16 Å². The molecule has 0 radical (unpaired) electrons. The van der Waals surface area contributed by atoms with Crippen molar-refractivity contribution in [3.63, 3.8) is 0 Å². The first-order valence-electron chi connectivity index (χ1n) is 12.0. The second-order valence-corrected chi connectivity index (χ2v) is 9.47. The Kier molecular flexibility index (Phi) is 6.06. The number of rotatable bonds is 4. The summed E-state index contributed by atoms with van der Waals surface area (Å²) in [5, 5.41) is 4.40. The Hall–Kier alpha value is -3.66. The van der Waals surface area contributed by atoms with Crippen LogP contribution in [-0.2, 0) is 9.63 Å². The van der Waals surface area contributed by atoms with Crippen LogP contribution in [0.3, 0.4) is 0 Å². The van der Waals surface area contributed by atoms with E-state index in [-0.39, 0.29) is 11.5 Å². The Morgan fingerprint density at radius 3 is 1.97 bits per heavy atom. The summed E-state index contributed by atoms with van der Waals surface area (Å²) in [4.78, 5) is 21.3. The molecule has 2 aliphatic heterocycles. The molecule has 3 aromatic rings. The molecule has 34 heavy (non-hydrogen) atoms. The van der Waals surface area contributed by atoms with Gasteiger partial charge in [0.2, 0.25) is 5.91 Å². The minimum absolute atomic E-state index is 0.0493. The molecule has 0 N–H and O–H groups in total. The van der Waals surface area contributed by atoms with E-state index in [1.54, 1.807) is 6.08 Å². The van der Waals surface area contributed by atoms with Crippen molar-refractivity contribution in [3.8, 4) is 0 Å². The summed E-state index contributed by atoms with van der Waals surface area (Å²) in [6, 6.07) is 26.9. The van der Waals surface area contributed by atoms with Gasteiger partial charge in [-0.3, -0.25) is 4.79 Å². The van der Waals surface area contributed by atoms with Crippen LogP contribution in [0.15, 0.2) is 90.1 Å². The molecule has 0 bridgehead atoms. The van der Waals surface area contributed by atoms with Crippen molar-refractivity contribution >= 4 is 17.2 Å². The lowest BCUT2D eigenvalue weighted by atomic mass is 9.85. The average molecular weight is 451 g/mol. The summed E-state index contributed by atoms with van der Waals surface area (Å²) in [5.74, 6) is 0.0493. The Balaban J connectivity index is 1.31. The highest BCUT2D eigenvalue weighted by atomic mass is 16.7. The second kappa shape index (κ2) is 9.30. The van der Waals surface area contributed by atoms with Crippen LogP contribution in [-0.4, -0.2) is 35.2 Å². The van der Waals surface area contributed by atoms with E-state index in [1.807, 2.05) is 23.1 Å². The molecule has 1 saturated heterocycles. The maximum absolute atomic E-state index is 13.4. The summed E-state index contributed by atoms with van der Waals surface area (Å²) in [6.07, 6.45) is 4.18. The predicted octanol–water partition coefficient (Wildman–Crippen LogP) is 5.92. The monoisotopic (exact) mass is 450 g/mol. The maximum Gasteiger partial charge on any atom is 0.247 e. The van der Waals surface area contributed by atoms with Gasteiger partial charge in [-0.1, -0.05) is 95.1 Å². The molecular formula is C30H30N2O2. The van der Waals surface area contributed by atoms with Crippen LogP contribution in [0.4, 0.5) is 0 Å². The molecule has 0 saturated carbocycles. The highest BCUT2D eigenvalue weighted by molar-refractivity contribution is 6.02. The largest absolute Gasteiger partial charge is 0.388 e. The molecule has 1 amide bonds. The number of aryl methyl sites for hydroxylation is 2. The number of hydrogen-bond donors (Lipinski definition) is 0. The molecule has 5 rings (SSSR count). The lowest BCUT2D eigenvalue weighted by molar-refractivity contribution is -0.131. The van der Waals surface area contributed by atoms with E-state index in [4.69, 9.17) is 4.84 Å². The number of hydrogen-bond acceptors (Lipinski definition) is 3. The van der Waals surface area contributed by atoms with Crippen LogP contribution in [0.5, 0.6) is 0 Å². The molecule has 172 valence electrons. The van der Waals surface area contributed by atoms with Crippen LogP contribution >= 0.6 is 0 Å². The SMILES string of the molecule is Cc1ccc(C(=CC(=O)N2CCC3(CC2)CC(c2ccccc2)=NO3)c2ccc(C)cc2)cc1. The van der Waals surface area contributed by atoms with E-state index < -0.39 is 0 Å². The number of piperidine rings is 1. The third-order valence-corrected chi connectivity index (χ3v) is 6.93. The molecule has 0 unspecified atom stereocenters. The molecule has 3 aromatic carbocycles. The second-order valence-electron chi connectivity index (χ2n) is 9.47. The number of oxime groups is 1.